The van der Waals surface area contributed by atoms with Crippen LogP contribution in [0.25, 0.3) is 22.8 Å². The van der Waals surface area contributed by atoms with Gasteiger partial charge in [-0.05, 0) is 35.7 Å². The third kappa shape index (κ3) is 4.42. The van der Waals surface area contributed by atoms with Crippen molar-refractivity contribution in [3.63, 3.8) is 0 Å². The van der Waals surface area contributed by atoms with Crippen LogP contribution < -0.4 is 4.72 Å². The monoisotopic (exact) mass is 361 g/mol. The number of aromatic nitrogens is 1. The van der Waals surface area contributed by atoms with E-state index in [2.05, 4.69) is 9.71 Å². The molecule has 0 saturated carbocycles. The van der Waals surface area contributed by atoms with Gasteiger partial charge in [0.25, 0.3) is 0 Å². The van der Waals surface area contributed by atoms with Gasteiger partial charge < -0.3 is 4.42 Å². The van der Waals surface area contributed by atoms with Gasteiger partial charge in [-0.3, -0.25) is 4.72 Å². The molecule has 115 valence electrons. The molecule has 0 aliphatic heterocycles. The molecular weight excluding hydrogens is 350 g/mol. The van der Waals surface area contributed by atoms with E-state index in [0.29, 0.717) is 11.3 Å². The molecule has 1 N–H and O–H groups in total. The number of oxazole rings is 1. The maximum Gasteiger partial charge on any atom is 0.231 e. The van der Waals surface area contributed by atoms with Crippen molar-refractivity contribution < 1.29 is 17.2 Å². The third-order valence-corrected chi connectivity index (χ3v) is 4.03. The number of halogens is 1. The molecule has 3 aromatic rings. The van der Waals surface area contributed by atoms with Gasteiger partial charge in [0.15, 0.2) is 11.6 Å². The number of rotatable bonds is 4. The van der Waals surface area contributed by atoms with E-state index < -0.39 is 10.0 Å². The van der Waals surface area contributed by atoms with Crippen molar-refractivity contribution in [2.24, 2.45) is 0 Å². The molecule has 0 saturated heterocycles. The minimum absolute atomic E-state index is 0. The Bertz CT molecular complexity index is 891. The number of benzene rings is 1. The molecule has 0 spiro atoms. The Balaban J connectivity index is 0.00000192. The van der Waals surface area contributed by atoms with Gasteiger partial charge in [0, 0.05) is 46.1 Å². The Morgan fingerprint density at radius 2 is 1.87 bits per heavy atom. The summed E-state index contributed by atoms with van der Waals surface area (Å²) in [6.45, 7) is 0. The molecule has 23 heavy (non-hydrogen) atoms. The second-order valence-corrected chi connectivity index (χ2v) is 7.12. The second kappa shape index (κ2) is 7.14. The molecule has 0 fully saturated rings. The molecule has 0 bridgehead atoms. The van der Waals surface area contributed by atoms with E-state index in [4.69, 9.17) is 4.42 Å². The van der Waals surface area contributed by atoms with Gasteiger partial charge >= 0.3 is 0 Å². The fourth-order valence-corrected chi connectivity index (χ4v) is 3.00. The van der Waals surface area contributed by atoms with Crippen molar-refractivity contribution in [3.8, 4) is 22.8 Å². The van der Waals surface area contributed by atoms with Gasteiger partial charge in [0.2, 0.25) is 15.9 Å². The van der Waals surface area contributed by atoms with Crippen molar-refractivity contribution in [1.82, 2.24) is 4.98 Å². The summed E-state index contributed by atoms with van der Waals surface area (Å²) in [7, 11) is -3.50. The summed E-state index contributed by atoms with van der Waals surface area (Å²) >= 11 is 1.45. The molecule has 0 unspecified atom stereocenters. The molecular formula is C14H11FN2NaO3S2. The molecule has 5 nitrogen and oxygen atoms in total. The summed E-state index contributed by atoms with van der Waals surface area (Å²) in [4.78, 5) is 4.18. The van der Waals surface area contributed by atoms with Crippen LogP contribution in [0.15, 0.2) is 45.5 Å². The summed E-state index contributed by atoms with van der Waals surface area (Å²) in [6.07, 6.45) is 1.04. The average Bonchev–Trinajstić information content (AvgIpc) is 3.06. The van der Waals surface area contributed by atoms with Crippen molar-refractivity contribution in [3.05, 3.63) is 46.9 Å². The van der Waals surface area contributed by atoms with E-state index in [-0.39, 0.29) is 47.1 Å². The molecule has 2 aromatic heterocycles. The molecule has 0 amide bonds. The number of sulfonamides is 1. The van der Waals surface area contributed by atoms with E-state index in [0.717, 1.165) is 11.8 Å². The van der Waals surface area contributed by atoms with Gasteiger partial charge in [-0.2, -0.15) is 16.3 Å². The topological polar surface area (TPSA) is 72.2 Å². The van der Waals surface area contributed by atoms with Crippen LogP contribution in [0, 0.1) is 5.82 Å². The molecule has 3 rings (SSSR count). The fraction of sp³-hybridized carbons (Fsp3) is 0.0714. The van der Waals surface area contributed by atoms with Crippen molar-refractivity contribution in [2.75, 3.05) is 11.0 Å². The summed E-state index contributed by atoms with van der Waals surface area (Å²) in [6, 6.07) is 7.40. The van der Waals surface area contributed by atoms with E-state index in [9.17, 15) is 12.8 Å². The third-order valence-electron chi connectivity index (χ3n) is 2.78. The Morgan fingerprint density at radius 1 is 1.17 bits per heavy atom. The fourth-order valence-electron chi connectivity index (χ4n) is 1.87. The predicted octanol–water partition coefficient (Wildman–Crippen LogP) is 3.20. The van der Waals surface area contributed by atoms with E-state index in [1.165, 1.54) is 35.6 Å². The quantitative estimate of drug-likeness (QED) is 0.725. The van der Waals surface area contributed by atoms with Crippen molar-refractivity contribution in [1.29, 1.82) is 0 Å². The molecule has 1 radical (unpaired) electrons. The van der Waals surface area contributed by atoms with Crippen LogP contribution in [0.1, 0.15) is 0 Å². The smallest absolute Gasteiger partial charge is 0.231 e. The van der Waals surface area contributed by atoms with Crippen molar-refractivity contribution >= 4 is 56.7 Å². The first kappa shape index (κ1) is 18.2. The number of nitrogens with zero attached hydrogens (tertiary/aromatic N) is 1. The number of thiophene rings is 1. The SMILES string of the molecule is CS(=O)(=O)Nc1nc(-c2ccc(F)cc2)oc1-c1ccsc1.[Na]. The van der Waals surface area contributed by atoms with Crippen LogP contribution in [0.4, 0.5) is 10.2 Å². The van der Waals surface area contributed by atoms with Crippen LogP contribution in [-0.4, -0.2) is 49.2 Å². The number of hydrogen-bond acceptors (Lipinski definition) is 5. The van der Waals surface area contributed by atoms with E-state index >= 15 is 0 Å². The Kier molecular flexibility index (Phi) is 5.64. The van der Waals surface area contributed by atoms with Crippen LogP contribution in [0.2, 0.25) is 0 Å². The molecule has 1 aromatic carbocycles. The first-order chi connectivity index (χ1) is 10.4. The first-order valence-electron chi connectivity index (χ1n) is 6.19. The zero-order chi connectivity index (χ0) is 15.7. The van der Waals surface area contributed by atoms with Gasteiger partial charge in [-0.15, -0.1) is 0 Å². The summed E-state index contributed by atoms with van der Waals surface area (Å²) in [5, 5.41) is 3.67. The minimum atomic E-state index is -3.50. The largest absolute Gasteiger partial charge is 0.434 e. The van der Waals surface area contributed by atoms with Gasteiger partial charge in [0.05, 0.1) is 6.26 Å². The maximum absolute atomic E-state index is 13.0. The average molecular weight is 361 g/mol. The number of nitrogens with one attached hydrogen (secondary N) is 1. The van der Waals surface area contributed by atoms with Crippen molar-refractivity contribution in [2.45, 2.75) is 0 Å². The summed E-state index contributed by atoms with van der Waals surface area (Å²) in [5.41, 5.74) is 1.27. The van der Waals surface area contributed by atoms with Gasteiger partial charge in [0.1, 0.15) is 5.82 Å². The molecule has 0 aliphatic rings. The minimum Gasteiger partial charge on any atom is -0.434 e. The van der Waals surface area contributed by atoms with Crippen LogP contribution >= 0.6 is 11.3 Å². The number of hydrogen-bond donors (Lipinski definition) is 1. The van der Waals surface area contributed by atoms with Crippen LogP contribution in [0.3, 0.4) is 0 Å². The normalized spacial score (nSPS) is 11.0. The maximum atomic E-state index is 13.0. The Hall–Kier alpha value is -1.19. The van der Waals surface area contributed by atoms with Crippen LogP contribution in [-0.2, 0) is 10.0 Å². The predicted molar refractivity (Wildman–Crippen MR) is 89.4 cm³/mol. The summed E-state index contributed by atoms with van der Waals surface area (Å²) in [5.74, 6) is 0.279. The molecule has 0 atom stereocenters. The second-order valence-electron chi connectivity index (χ2n) is 4.59. The van der Waals surface area contributed by atoms with Gasteiger partial charge in [-0.1, -0.05) is 0 Å². The van der Waals surface area contributed by atoms with Crippen LogP contribution in [0.5, 0.6) is 0 Å². The summed E-state index contributed by atoms with van der Waals surface area (Å²) < 4.78 is 44.0. The van der Waals surface area contributed by atoms with Gasteiger partial charge in [-0.25, -0.2) is 12.8 Å². The van der Waals surface area contributed by atoms with E-state index in [1.54, 1.807) is 6.07 Å². The Morgan fingerprint density at radius 3 is 2.43 bits per heavy atom. The Labute approximate surface area is 158 Å². The molecule has 2 heterocycles. The standard InChI is InChI=1S/C14H11FN2O3S2.Na/c1-22(18,19)17-13-12(10-6-7-21-8-10)20-14(16-13)9-2-4-11(15)5-3-9;/h2-8,17H,1H3;. The molecule has 9 heteroatoms. The first-order valence-corrected chi connectivity index (χ1v) is 9.03. The van der Waals surface area contributed by atoms with E-state index in [1.807, 2.05) is 10.8 Å². The zero-order valence-corrected chi connectivity index (χ0v) is 16.0. The number of anilines is 1. The molecule has 0 aliphatic carbocycles. The zero-order valence-electron chi connectivity index (χ0n) is 12.4.